The third-order valence-corrected chi connectivity index (χ3v) is 0.759. The van der Waals surface area contributed by atoms with E-state index in [0.29, 0.717) is 5.56 Å². The van der Waals surface area contributed by atoms with Crippen LogP contribution in [-0.4, -0.2) is 4.98 Å². The van der Waals surface area contributed by atoms with Crippen LogP contribution in [0, 0.1) is 18.4 Å². The van der Waals surface area contributed by atoms with Crippen molar-refractivity contribution in [3.8, 4) is 12.3 Å². The molecule has 0 saturated heterocycles. The highest BCUT2D eigenvalue weighted by Gasteiger charge is 1.78. The number of nitrogens with zero attached hydrogens (tertiary/aromatic N) is 1. The minimum Gasteiger partial charge on any atom is -0.263 e. The molecule has 1 radical (unpaired) electrons. The van der Waals surface area contributed by atoms with E-state index in [1.807, 2.05) is 0 Å². The lowest BCUT2D eigenvalue weighted by Gasteiger charge is -1.80. The summed E-state index contributed by atoms with van der Waals surface area (Å²) in [4.78, 5) is 3.78. The van der Waals surface area contributed by atoms with Gasteiger partial charge >= 0.3 is 0 Å². The van der Waals surface area contributed by atoms with Gasteiger partial charge in [-0.2, -0.15) is 0 Å². The zero-order valence-electron chi connectivity index (χ0n) is 4.26. The van der Waals surface area contributed by atoms with Crippen LogP contribution < -0.4 is 0 Å². The fraction of sp³-hybridized carbons (Fsp3) is 0. The van der Waals surface area contributed by atoms with Crippen LogP contribution in [0.3, 0.4) is 0 Å². The molecule has 0 bridgehead atoms. The molecule has 1 heteroatoms. The Balaban J connectivity index is 3.05. The molecule has 1 rings (SSSR count). The molecule has 0 aliphatic carbocycles. The number of rotatable bonds is 0. The van der Waals surface area contributed by atoms with Crippen molar-refractivity contribution in [2.45, 2.75) is 0 Å². The summed E-state index contributed by atoms with van der Waals surface area (Å²) >= 11 is 0. The second-order valence-electron chi connectivity index (χ2n) is 1.30. The Kier molecular flexibility index (Phi) is 1.29. The molecule has 1 nitrogen and oxygen atoms in total. The van der Waals surface area contributed by atoms with Gasteiger partial charge in [0.05, 0.1) is 5.56 Å². The molecule has 0 aromatic carbocycles. The van der Waals surface area contributed by atoms with Gasteiger partial charge in [0.25, 0.3) is 0 Å². The summed E-state index contributed by atoms with van der Waals surface area (Å²) in [7, 11) is 0. The van der Waals surface area contributed by atoms with Gasteiger partial charge in [-0.3, -0.25) is 4.98 Å². The smallest absolute Gasteiger partial charge is 0.0504 e. The van der Waals surface area contributed by atoms with Gasteiger partial charge in [-0.15, -0.1) is 6.42 Å². The van der Waals surface area contributed by atoms with Crippen LogP contribution in [0.4, 0.5) is 0 Å². The summed E-state index contributed by atoms with van der Waals surface area (Å²) in [5, 5.41) is 0. The lowest BCUT2D eigenvalue weighted by molar-refractivity contribution is 1.31. The van der Waals surface area contributed by atoms with Crippen molar-refractivity contribution in [2.24, 2.45) is 0 Å². The van der Waals surface area contributed by atoms with Crippen molar-refractivity contribution in [1.29, 1.82) is 0 Å². The van der Waals surface area contributed by atoms with E-state index in [1.54, 1.807) is 18.5 Å². The molecule has 37 valence electrons. The summed E-state index contributed by atoms with van der Waals surface area (Å²) in [6.07, 6.45) is 8.27. The fourth-order valence-corrected chi connectivity index (χ4v) is 0.404. The largest absolute Gasteiger partial charge is 0.263 e. The molecule has 0 unspecified atom stereocenters. The Labute approximate surface area is 48.4 Å². The number of aromatic nitrogens is 1. The average Bonchev–Trinajstić information content (AvgIpc) is 1.90. The van der Waals surface area contributed by atoms with Gasteiger partial charge < -0.3 is 0 Å². The first-order chi connectivity index (χ1) is 3.93. The van der Waals surface area contributed by atoms with Crippen LogP contribution in [0.5, 0.6) is 0 Å². The highest BCUT2D eigenvalue weighted by molar-refractivity contribution is 5.26. The molecule has 1 aromatic heterocycles. The predicted octanol–water partition coefficient (Wildman–Crippen LogP) is 0.863. The summed E-state index contributed by atoms with van der Waals surface area (Å²) in [6.45, 7) is 0. The SMILES string of the molecule is C#Cc1[c]ccnc1. The van der Waals surface area contributed by atoms with Gasteiger partial charge in [-0.05, 0) is 6.07 Å². The summed E-state index contributed by atoms with van der Waals surface area (Å²) in [5.74, 6) is 2.41. The molecule has 0 fully saturated rings. The van der Waals surface area contributed by atoms with E-state index in [4.69, 9.17) is 6.42 Å². The third-order valence-electron chi connectivity index (χ3n) is 0.759. The molecule has 8 heavy (non-hydrogen) atoms. The molecule has 1 aromatic rings. The van der Waals surface area contributed by atoms with E-state index in [-0.39, 0.29) is 0 Å². The molecular formula is C7H4N. The van der Waals surface area contributed by atoms with Crippen molar-refractivity contribution in [2.75, 3.05) is 0 Å². The first kappa shape index (κ1) is 4.86. The lowest BCUT2D eigenvalue weighted by Crippen LogP contribution is -1.72. The summed E-state index contributed by atoms with van der Waals surface area (Å²) < 4.78 is 0. The maximum atomic E-state index is 5.03. The van der Waals surface area contributed by atoms with E-state index >= 15 is 0 Å². The Bertz CT molecular complexity index is 195. The van der Waals surface area contributed by atoms with Gasteiger partial charge in [-0.25, -0.2) is 0 Å². The van der Waals surface area contributed by atoms with E-state index in [9.17, 15) is 0 Å². The van der Waals surface area contributed by atoms with Gasteiger partial charge in [0.1, 0.15) is 0 Å². The van der Waals surface area contributed by atoms with Gasteiger partial charge in [0, 0.05) is 18.5 Å². The first-order valence-corrected chi connectivity index (χ1v) is 2.22. The summed E-state index contributed by atoms with van der Waals surface area (Å²) in [6, 6.07) is 4.51. The number of pyridine rings is 1. The molecule has 0 N–H and O–H groups in total. The second-order valence-corrected chi connectivity index (χ2v) is 1.30. The monoisotopic (exact) mass is 102 g/mol. The van der Waals surface area contributed by atoms with Crippen LogP contribution in [-0.2, 0) is 0 Å². The zero-order chi connectivity index (χ0) is 5.82. The van der Waals surface area contributed by atoms with Crippen molar-refractivity contribution >= 4 is 0 Å². The van der Waals surface area contributed by atoms with Crippen LogP contribution in [0.25, 0.3) is 0 Å². The second kappa shape index (κ2) is 2.13. The van der Waals surface area contributed by atoms with Gasteiger partial charge in [0.2, 0.25) is 0 Å². The molecule has 0 spiro atoms. The van der Waals surface area contributed by atoms with Crippen LogP contribution >= 0.6 is 0 Å². The molecule has 1 heterocycles. The van der Waals surface area contributed by atoms with Gasteiger partial charge in [-0.1, -0.05) is 5.92 Å². The normalized spacial score (nSPS) is 7.88. The molecule has 0 amide bonds. The van der Waals surface area contributed by atoms with E-state index in [0.717, 1.165) is 0 Å². The third kappa shape index (κ3) is 0.855. The van der Waals surface area contributed by atoms with E-state index in [2.05, 4.69) is 17.0 Å². The van der Waals surface area contributed by atoms with Crippen molar-refractivity contribution in [3.05, 3.63) is 30.1 Å². The molecule has 0 aliphatic rings. The Morgan fingerprint density at radius 3 is 3.00 bits per heavy atom. The maximum Gasteiger partial charge on any atom is 0.0504 e. The van der Waals surface area contributed by atoms with Crippen LogP contribution in [0.15, 0.2) is 18.5 Å². The highest BCUT2D eigenvalue weighted by Crippen LogP contribution is 1.87. The Morgan fingerprint density at radius 2 is 2.62 bits per heavy atom. The Morgan fingerprint density at radius 1 is 1.75 bits per heavy atom. The average molecular weight is 102 g/mol. The molecule has 0 saturated carbocycles. The number of terminal acetylenes is 1. The fourth-order valence-electron chi connectivity index (χ4n) is 0.404. The zero-order valence-corrected chi connectivity index (χ0v) is 4.26. The highest BCUT2D eigenvalue weighted by atomic mass is 14.6. The first-order valence-electron chi connectivity index (χ1n) is 2.22. The van der Waals surface area contributed by atoms with Crippen molar-refractivity contribution in [3.63, 3.8) is 0 Å². The number of hydrogen-bond acceptors (Lipinski definition) is 1. The predicted molar refractivity (Wildman–Crippen MR) is 31.0 cm³/mol. The number of hydrogen-bond donors (Lipinski definition) is 0. The van der Waals surface area contributed by atoms with Gasteiger partial charge in [0.15, 0.2) is 0 Å². The van der Waals surface area contributed by atoms with E-state index < -0.39 is 0 Å². The maximum absolute atomic E-state index is 5.03. The minimum absolute atomic E-state index is 0.701. The van der Waals surface area contributed by atoms with E-state index in [1.165, 1.54) is 0 Å². The van der Waals surface area contributed by atoms with Crippen molar-refractivity contribution in [1.82, 2.24) is 4.98 Å². The molecule has 0 atom stereocenters. The Hall–Kier alpha value is -1.29. The quantitative estimate of drug-likeness (QED) is 0.443. The molecular weight excluding hydrogens is 98.1 g/mol. The summed E-state index contributed by atoms with van der Waals surface area (Å²) in [5.41, 5.74) is 0.701. The van der Waals surface area contributed by atoms with Crippen molar-refractivity contribution < 1.29 is 0 Å². The molecule has 0 aliphatic heterocycles. The topological polar surface area (TPSA) is 12.9 Å². The van der Waals surface area contributed by atoms with Crippen LogP contribution in [0.2, 0.25) is 0 Å². The lowest BCUT2D eigenvalue weighted by atomic mass is 10.3. The standard InChI is InChI=1S/C7H4N/c1-2-7-4-3-5-8-6-7/h1,3,5-6H. The van der Waals surface area contributed by atoms with Crippen LogP contribution in [0.1, 0.15) is 5.56 Å². The minimum atomic E-state index is 0.701.